The first-order valence-corrected chi connectivity index (χ1v) is 7.41. The SMILES string of the molecule is CCC(Cn1cc[n+](C)c1/C=N/O)NS(=O)(=O)C(F)(F)F. The van der Waals surface area contributed by atoms with E-state index in [2.05, 4.69) is 5.16 Å². The molecule has 1 aromatic rings. The molecule has 0 aliphatic heterocycles. The summed E-state index contributed by atoms with van der Waals surface area (Å²) in [6.45, 7) is 1.53. The summed E-state index contributed by atoms with van der Waals surface area (Å²) in [6.07, 6.45) is 4.40. The highest BCUT2D eigenvalue weighted by Gasteiger charge is 2.46. The van der Waals surface area contributed by atoms with Crippen molar-refractivity contribution in [1.82, 2.24) is 9.29 Å². The molecule has 1 aromatic heterocycles. The summed E-state index contributed by atoms with van der Waals surface area (Å²) < 4.78 is 64.0. The van der Waals surface area contributed by atoms with Crippen molar-refractivity contribution in [3.63, 3.8) is 0 Å². The molecular weight excluding hydrogens is 313 g/mol. The highest BCUT2D eigenvalue weighted by molar-refractivity contribution is 7.90. The lowest BCUT2D eigenvalue weighted by molar-refractivity contribution is -0.671. The van der Waals surface area contributed by atoms with Gasteiger partial charge in [-0.05, 0) is 6.42 Å². The number of halogens is 3. The quantitative estimate of drug-likeness (QED) is 0.341. The van der Waals surface area contributed by atoms with Crippen molar-refractivity contribution in [2.24, 2.45) is 12.2 Å². The van der Waals surface area contributed by atoms with Gasteiger partial charge in [0.25, 0.3) is 0 Å². The smallest absolute Gasteiger partial charge is 0.411 e. The molecule has 1 rings (SSSR count). The summed E-state index contributed by atoms with van der Waals surface area (Å²) in [5, 5.41) is 11.4. The molecule has 7 nitrogen and oxygen atoms in total. The molecule has 0 bridgehead atoms. The van der Waals surface area contributed by atoms with E-state index in [9.17, 15) is 21.6 Å². The molecule has 0 fully saturated rings. The fourth-order valence-electron chi connectivity index (χ4n) is 1.68. The number of rotatable bonds is 6. The summed E-state index contributed by atoms with van der Waals surface area (Å²) >= 11 is 0. The number of aromatic nitrogens is 2. The van der Waals surface area contributed by atoms with E-state index >= 15 is 0 Å². The van der Waals surface area contributed by atoms with E-state index in [1.807, 2.05) is 0 Å². The van der Waals surface area contributed by atoms with Gasteiger partial charge in [-0.1, -0.05) is 12.1 Å². The molecule has 21 heavy (non-hydrogen) atoms. The van der Waals surface area contributed by atoms with E-state index in [0.717, 1.165) is 6.21 Å². The Bertz CT molecular complexity index is 610. The molecular formula is C10H16F3N4O3S+. The number of hydrogen-bond donors (Lipinski definition) is 2. The van der Waals surface area contributed by atoms with E-state index in [1.165, 1.54) is 4.57 Å². The Morgan fingerprint density at radius 3 is 2.67 bits per heavy atom. The van der Waals surface area contributed by atoms with E-state index in [1.54, 1.807) is 35.7 Å². The number of hydrogen-bond acceptors (Lipinski definition) is 4. The molecule has 1 unspecified atom stereocenters. The molecule has 0 radical (unpaired) electrons. The highest BCUT2D eigenvalue weighted by atomic mass is 32.2. The van der Waals surface area contributed by atoms with Gasteiger partial charge in [-0.2, -0.15) is 13.2 Å². The number of imidazole rings is 1. The van der Waals surface area contributed by atoms with Gasteiger partial charge in [0.15, 0.2) is 6.21 Å². The second-order valence-corrected chi connectivity index (χ2v) is 6.04. The summed E-state index contributed by atoms with van der Waals surface area (Å²) in [6, 6.07) is -0.949. The number of alkyl halides is 3. The van der Waals surface area contributed by atoms with Gasteiger partial charge in [0.05, 0.1) is 13.1 Å². The van der Waals surface area contributed by atoms with Crippen LogP contribution in [0.3, 0.4) is 0 Å². The molecule has 0 aromatic carbocycles. The third-order valence-corrected chi connectivity index (χ3v) is 4.09. The topological polar surface area (TPSA) is 87.6 Å². The van der Waals surface area contributed by atoms with Gasteiger partial charge >= 0.3 is 21.4 Å². The predicted octanol–water partition coefficient (Wildman–Crippen LogP) is 0.338. The van der Waals surface area contributed by atoms with Crippen molar-refractivity contribution in [3.05, 3.63) is 18.2 Å². The van der Waals surface area contributed by atoms with Gasteiger partial charge in [0.1, 0.15) is 18.9 Å². The largest absolute Gasteiger partial charge is 0.511 e. The summed E-state index contributed by atoms with van der Waals surface area (Å²) in [5.41, 5.74) is -5.35. The molecule has 1 heterocycles. The van der Waals surface area contributed by atoms with Crippen LogP contribution in [-0.2, 0) is 23.6 Å². The molecule has 0 spiro atoms. The normalized spacial score (nSPS) is 14.7. The summed E-state index contributed by atoms with van der Waals surface area (Å²) in [5.74, 6) is 0.405. The predicted molar refractivity (Wildman–Crippen MR) is 67.2 cm³/mol. The van der Waals surface area contributed by atoms with Crippen LogP contribution in [0.1, 0.15) is 19.2 Å². The van der Waals surface area contributed by atoms with Crippen LogP contribution in [-0.4, -0.2) is 36.0 Å². The zero-order chi connectivity index (χ0) is 16.3. The number of nitrogens with zero attached hydrogens (tertiary/aromatic N) is 3. The number of aryl methyl sites for hydroxylation is 1. The van der Waals surface area contributed by atoms with Gasteiger partial charge in [-0.25, -0.2) is 22.3 Å². The monoisotopic (exact) mass is 329 g/mol. The van der Waals surface area contributed by atoms with Crippen LogP contribution < -0.4 is 9.29 Å². The maximum absolute atomic E-state index is 12.4. The Morgan fingerprint density at radius 1 is 1.57 bits per heavy atom. The first-order chi connectivity index (χ1) is 9.62. The summed E-state index contributed by atoms with van der Waals surface area (Å²) in [4.78, 5) is 0. The zero-order valence-electron chi connectivity index (χ0n) is 11.4. The fraction of sp³-hybridized carbons (Fsp3) is 0.600. The lowest BCUT2D eigenvalue weighted by atomic mass is 10.2. The van der Waals surface area contributed by atoms with Gasteiger partial charge < -0.3 is 5.21 Å². The van der Waals surface area contributed by atoms with Gasteiger partial charge in [0, 0.05) is 0 Å². The minimum atomic E-state index is -5.40. The number of sulfonamides is 1. The van der Waals surface area contributed by atoms with E-state index in [-0.39, 0.29) is 13.0 Å². The molecule has 11 heteroatoms. The molecule has 0 aliphatic rings. The van der Waals surface area contributed by atoms with Gasteiger partial charge in [-0.15, -0.1) is 0 Å². The van der Waals surface area contributed by atoms with Gasteiger partial charge in [-0.3, -0.25) is 0 Å². The lowest BCUT2D eigenvalue weighted by Crippen LogP contribution is -2.44. The average Bonchev–Trinajstić information content (AvgIpc) is 2.69. The molecule has 120 valence electrons. The lowest BCUT2D eigenvalue weighted by Gasteiger charge is -2.16. The van der Waals surface area contributed by atoms with Gasteiger partial charge in [0.2, 0.25) is 0 Å². The van der Waals surface area contributed by atoms with E-state index in [4.69, 9.17) is 5.21 Å². The van der Waals surface area contributed by atoms with Crippen molar-refractivity contribution >= 4 is 16.2 Å². The first-order valence-electron chi connectivity index (χ1n) is 5.93. The van der Waals surface area contributed by atoms with Crippen LogP contribution >= 0.6 is 0 Å². The Labute approximate surface area is 119 Å². The van der Waals surface area contributed by atoms with Crippen molar-refractivity contribution in [3.8, 4) is 0 Å². The maximum Gasteiger partial charge on any atom is 0.511 e. The van der Waals surface area contributed by atoms with Crippen LogP contribution in [0.2, 0.25) is 0 Å². The minimum absolute atomic E-state index is 0.0337. The van der Waals surface area contributed by atoms with Crippen molar-refractivity contribution in [2.45, 2.75) is 31.4 Å². The third kappa shape index (κ3) is 4.17. The molecule has 1 atom stereocenters. The molecule has 0 aliphatic carbocycles. The zero-order valence-corrected chi connectivity index (χ0v) is 12.2. The number of oxime groups is 1. The minimum Gasteiger partial charge on any atom is -0.411 e. The van der Waals surface area contributed by atoms with Crippen LogP contribution in [0.15, 0.2) is 17.5 Å². The number of nitrogens with one attached hydrogen (secondary N) is 1. The highest BCUT2D eigenvalue weighted by Crippen LogP contribution is 2.22. The maximum atomic E-state index is 12.4. The fourth-order valence-corrected chi connectivity index (χ4v) is 2.49. The van der Waals surface area contributed by atoms with Crippen molar-refractivity contribution < 1.29 is 31.4 Å². The molecule has 0 saturated heterocycles. The second kappa shape index (κ2) is 6.43. The van der Waals surface area contributed by atoms with Crippen LogP contribution in [0.5, 0.6) is 0 Å². The van der Waals surface area contributed by atoms with Crippen molar-refractivity contribution in [2.75, 3.05) is 0 Å². The average molecular weight is 329 g/mol. The van der Waals surface area contributed by atoms with Crippen LogP contribution in [0.4, 0.5) is 13.2 Å². The summed E-state index contributed by atoms with van der Waals surface area (Å²) in [7, 11) is -3.75. The molecule has 2 N–H and O–H groups in total. The third-order valence-electron chi connectivity index (χ3n) is 2.84. The van der Waals surface area contributed by atoms with Crippen LogP contribution in [0.25, 0.3) is 0 Å². The first kappa shape index (κ1) is 17.4. The molecule has 0 saturated carbocycles. The van der Waals surface area contributed by atoms with Crippen LogP contribution in [0, 0.1) is 0 Å². The Hall–Kier alpha value is -1.62. The second-order valence-electron chi connectivity index (χ2n) is 4.34. The molecule has 0 amide bonds. The Balaban J connectivity index is 2.95. The van der Waals surface area contributed by atoms with E-state index in [0.29, 0.717) is 5.82 Å². The Morgan fingerprint density at radius 2 is 2.19 bits per heavy atom. The Kier molecular flexibility index (Phi) is 5.34. The van der Waals surface area contributed by atoms with E-state index < -0.39 is 21.6 Å². The standard InChI is InChI=1S/C10H15F3N4O3S/c1-3-8(15-21(19,20)10(11,12)13)7-17-5-4-16(2)9(17)6-14-18/h4-6,8,15H,3,7H2,1-2H3/p+1. The van der Waals surface area contributed by atoms with Crippen molar-refractivity contribution in [1.29, 1.82) is 0 Å².